The van der Waals surface area contributed by atoms with Crippen LogP contribution in [0.1, 0.15) is 21.5 Å². The van der Waals surface area contributed by atoms with Crippen LogP contribution in [-0.4, -0.2) is 11.6 Å². The summed E-state index contributed by atoms with van der Waals surface area (Å²) in [5, 5.41) is 4.24. The van der Waals surface area contributed by atoms with Crippen LogP contribution >= 0.6 is 23.2 Å². The first-order valence-corrected chi connectivity index (χ1v) is 9.10. The van der Waals surface area contributed by atoms with Crippen molar-refractivity contribution in [3.05, 3.63) is 93.5 Å². The third-order valence-electron chi connectivity index (χ3n) is 3.94. The summed E-state index contributed by atoms with van der Waals surface area (Å²) in [5.74, 6) is 6.22. The van der Waals surface area contributed by atoms with E-state index in [1.807, 2.05) is 18.2 Å². The number of ether oxygens (including phenoxy) is 1. The largest absolute Gasteiger partial charge is 0.456 e. The van der Waals surface area contributed by atoms with Crippen LogP contribution in [0, 0.1) is 0 Å². The Kier molecular flexibility index (Phi) is 6.19. The van der Waals surface area contributed by atoms with E-state index < -0.39 is 0 Å². The minimum absolute atomic E-state index is 0.115. The van der Waals surface area contributed by atoms with Gasteiger partial charge in [-0.3, -0.25) is 4.79 Å². The fourth-order valence-electron chi connectivity index (χ4n) is 2.64. The van der Waals surface area contributed by atoms with Crippen LogP contribution in [0.4, 0.5) is 0 Å². The fourth-order valence-corrected chi connectivity index (χ4v) is 3.11. The van der Waals surface area contributed by atoms with Crippen LogP contribution in [0.3, 0.4) is 0 Å². The molecule has 0 fully saturated rings. The van der Waals surface area contributed by atoms with Gasteiger partial charge in [0.25, 0.3) is 0 Å². The predicted octanol–water partition coefficient (Wildman–Crippen LogP) is 4.79. The maximum Gasteiger partial charge on any atom is 0.193 e. The number of hydrogen-bond donors (Lipinski definition) is 2. The second kappa shape index (κ2) is 8.78. The number of carbonyl (C=O) groups is 1. The fraction of sp³-hybridized carbons (Fsp3) is 0.0476. The summed E-state index contributed by atoms with van der Waals surface area (Å²) >= 11 is 12.5. The number of ketones is 1. The molecule has 0 atom stereocenters. The van der Waals surface area contributed by atoms with Gasteiger partial charge in [0, 0.05) is 22.6 Å². The third-order valence-corrected chi connectivity index (χ3v) is 4.45. The van der Waals surface area contributed by atoms with Gasteiger partial charge in [0.2, 0.25) is 0 Å². The molecule has 142 valence electrons. The van der Waals surface area contributed by atoms with Crippen molar-refractivity contribution in [2.45, 2.75) is 6.42 Å². The van der Waals surface area contributed by atoms with E-state index >= 15 is 0 Å². The average Bonchev–Trinajstić information content (AvgIpc) is 2.69. The molecule has 0 amide bonds. The maximum absolute atomic E-state index is 12.5. The minimum atomic E-state index is -0.115. The Balaban J connectivity index is 1.83. The van der Waals surface area contributed by atoms with Crippen molar-refractivity contribution in [1.29, 1.82) is 0 Å². The smallest absolute Gasteiger partial charge is 0.193 e. The quantitative estimate of drug-likeness (QED) is 0.200. The van der Waals surface area contributed by atoms with Gasteiger partial charge in [-0.05, 0) is 42.0 Å². The lowest BCUT2D eigenvalue weighted by atomic mass is 10.0. The van der Waals surface area contributed by atoms with Gasteiger partial charge in [-0.1, -0.05) is 53.5 Å². The van der Waals surface area contributed by atoms with Crippen LogP contribution in [0.15, 0.2) is 71.8 Å². The zero-order valence-electron chi connectivity index (χ0n) is 14.7. The second-order valence-electron chi connectivity index (χ2n) is 6.03. The Bertz CT molecular complexity index is 1040. The molecule has 0 aliphatic rings. The molecule has 28 heavy (non-hydrogen) atoms. The summed E-state index contributed by atoms with van der Waals surface area (Å²) in [5.41, 5.74) is 7.52. The molecule has 0 bridgehead atoms. The maximum atomic E-state index is 12.5. The number of benzene rings is 3. The summed E-state index contributed by atoms with van der Waals surface area (Å²) < 4.78 is 5.85. The molecule has 5 nitrogen and oxygen atoms in total. The summed E-state index contributed by atoms with van der Waals surface area (Å²) in [4.78, 5) is 12.5. The van der Waals surface area contributed by atoms with Crippen LogP contribution in [0.5, 0.6) is 11.5 Å². The highest BCUT2D eigenvalue weighted by molar-refractivity contribution is 6.32. The van der Waals surface area contributed by atoms with E-state index in [0.29, 0.717) is 39.1 Å². The molecule has 0 saturated heterocycles. The molecule has 0 aliphatic carbocycles. The molecule has 3 rings (SSSR count). The van der Waals surface area contributed by atoms with Gasteiger partial charge in [-0.15, -0.1) is 0 Å². The molecular weight excluding hydrogens is 397 g/mol. The molecule has 4 N–H and O–H groups in total. The SMILES string of the molecule is N/N=C(\N)Cc1cc(Cl)cc(Oc2ccc(C(=O)c3ccccc3)cc2Cl)c1. The highest BCUT2D eigenvalue weighted by Gasteiger charge is 2.13. The van der Waals surface area contributed by atoms with E-state index in [-0.39, 0.29) is 11.6 Å². The Morgan fingerprint density at radius 1 is 0.964 bits per heavy atom. The zero-order valence-corrected chi connectivity index (χ0v) is 16.2. The number of halogens is 2. The Morgan fingerprint density at radius 2 is 1.71 bits per heavy atom. The van der Waals surface area contributed by atoms with Crippen molar-refractivity contribution in [2.24, 2.45) is 16.7 Å². The molecule has 0 saturated carbocycles. The van der Waals surface area contributed by atoms with Crippen molar-refractivity contribution in [2.75, 3.05) is 0 Å². The highest BCUT2D eigenvalue weighted by Crippen LogP contribution is 2.32. The lowest BCUT2D eigenvalue weighted by Crippen LogP contribution is -2.16. The van der Waals surface area contributed by atoms with Gasteiger partial charge in [0.05, 0.1) is 5.02 Å². The molecule has 0 radical (unpaired) electrons. The molecule has 3 aromatic rings. The summed E-state index contributed by atoms with van der Waals surface area (Å²) in [7, 11) is 0. The molecule has 0 aromatic heterocycles. The molecule has 0 unspecified atom stereocenters. The lowest BCUT2D eigenvalue weighted by Gasteiger charge is -2.11. The molecular formula is C21H17Cl2N3O2. The van der Waals surface area contributed by atoms with Crippen molar-refractivity contribution in [3.8, 4) is 11.5 Å². The average molecular weight is 414 g/mol. The monoisotopic (exact) mass is 413 g/mol. The van der Waals surface area contributed by atoms with E-state index in [1.54, 1.807) is 48.5 Å². The molecule has 0 spiro atoms. The lowest BCUT2D eigenvalue weighted by molar-refractivity contribution is 0.103. The Labute approximate surface area is 172 Å². The molecule has 0 aliphatic heterocycles. The number of nitrogens with two attached hydrogens (primary N) is 2. The number of carbonyl (C=O) groups excluding carboxylic acids is 1. The number of hydrazone groups is 1. The van der Waals surface area contributed by atoms with Crippen LogP contribution < -0.4 is 16.3 Å². The normalized spacial score (nSPS) is 11.3. The molecule has 0 heterocycles. The van der Waals surface area contributed by atoms with Crippen LogP contribution in [0.25, 0.3) is 0 Å². The van der Waals surface area contributed by atoms with Gasteiger partial charge < -0.3 is 16.3 Å². The van der Waals surface area contributed by atoms with Gasteiger partial charge in [0.15, 0.2) is 5.78 Å². The topological polar surface area (TPSA) is 90.7 Å². The van der Waals surface area contributed by atoms with Gasteiger partial charge >= 0.3 is 0 Å². The number of rotatable bonds is 6. The van der Waals surface area contributed by atoms with Crippen molar-refractivity contribution < 1.29 is 9.53 Å². The second-order valence-corrected chi connectivity index (χ2v) is 6.88. The summed E-state index contributed by atoms with van der Waals surface area (Å²) in [6.07, 6.45) is 0.339. The van der Waals surface area contributed by atoms with Crippen molar-refractivity contribution >= 4 is 34.8 Å². The van der Waals surface area contributed by atoms with Gasteiger partial charge in [0.1, 0.15) is 17.3 Å². The first kappa shape index (κ1) is 19.7. The first-order valence-electron chi connectivity index (χ1n) is 8.35. The van der Waals surface area contributed by atoms with Crippen molar-refractivity contribution in [1.82, 2.24) is 0 Å². The highest BCUT2D eigenvalue weighted by atomic mass is 35.5. The number of nitrogens with zero attached hydrogens (tertiary/aromatic N) is 1. The minimum Gasteiger partial charge on any atom is -0.456 e. The number of amidine groups is 1. The van der Waals surface area contributed by atoms with Crippen LogP contribution in [-0.2, 0) is 6.42 Å². The Morgan fingerprint density at radius 3 is 2.39 bits per heavy atom. The first-order chi connectivity index (χ1) is 13.5. The third kappa shape index (κ3) is 4.82. The predicted molar refractivity (Wildman–Crippen MR) is 112 cm³/mol. The standard InChI is InChI=1S/C21H17Cl2N3O2/c22-16-8-13(10-20(24)26-25)9-17(12-16)28-19-7-6-15(11-18(19)23)21(27)14-4-2-1-3-5-14/h1-9,11-12H,10,25H2,(H2,24,26). The van der Waals surface area contributed by atoms with E-state index in [4.69, 9.17) is 39.5 Å². The molecule has 3 aromatic carbocycles. The van der Waals surface area contributed by atoms with Gasteiger partial charge in [-0.2, -0.15) is 5.10 Å². The van der Waals surface area contributed by atoms with E-state index in [1.165, 1.54) is 0 Å². The van der Waals surface area contributed by atoms with E-state index in [2.05, 4.69) is 5.10 Å². The van der Waals surface area contributed by atoms with Crippen LogP contribution in [0.2, 0.25) is 10.0 Å². The summed E-state index contributed by atoms with van der Waals surface area (Å²) in [6.45, 7) is 0. The number of hydrogen-bond acceptors (Lipinski definition) is 4. The van der Waals surface area contributed by atoms with E-state index in [0.717, 1.165) is 5.56 Å². The van der Waals surface area contributed by atoms with Crippen molar-refractivity contribution in [3.63, 3.8) is 0 Å². The molecule has 7 heteroatoms. The zero-order chi connectivity index (χ0) is 20.1. The van der Waals surface area contributed by atoms with Gasteiger partial charge in [-0.25, -0.2) is 0 Å². The Hall–Kier alpha value is -3.02. The van der Waals surface area contributed by atoms with E-state index in [9.17, 15) is 4.79 Å². The summed E-state index contributed by atoms with van der Waals surface area (Å²) in [6, 6.07) is 19.0.